The monoisotopic (exact) mass is 978 g/mol. The number of rotatable bonds is 6. The first-order valence-electron chi connectivity index (χ1n) is 24.6. The van der Waals surface area contributed by atoms with Crippen LogP contribution >= 0.6 is 0 Å². The molecule has 3 aromatic heterocycles. The van der Waals surface area contributed by atoms with Gasteiger partial charge in [0.25, 0.3) is 0 Å². The lowest BCUT2D eigenvalue weighted by molar-refractivity contribution is -0.236. The molecule has 11 heterocycles. The second-order valence-corrected chi connectivity index (χ2v) is 21.2. The molecule has 10 atom stereocenters. The van der Waals surface area contributed by atoms with Gasteiger partial charge in [0.05, 0.1) is 37.0 Å². The van der Waals surface area contributed by atoms with E-state index in [1.54, 1.807) is 14.2 Å². The summed E-state index contributed by atoms with van der Waals surface area (Å²) < 4.78 is 78.0. The van der Waals surface area contributed by atoms with Gasteiger partial charge in [-0.05, 0) is 139 Å². The van der Waals surface area contributed by atoms with Crippen LogP contribution in [0.2, 0.25) is 0 Å². The number of nitrogens with zero attached hydrogens (tertiary/aromatic N) is 2. The van der Waals surface area contributed by atoms with Crippen LogP contribution in [0, 0.1) is 0 Å². The SMILES string of the molecule is COc1ccc(-c2c3nc(c([C@H]4O[C@@H]5OC(C)(C)O[C@@H]5[C@H]5OC(C)(C)O[C@H]54)c4ccc([nH]4)c(-c4ccc(OC)cc4)c4nc(c([C@H]5O[C@@H]6OC(C)(C)O[C@@H]6[C@H]6OC(C)(C)O[C@H]65)c5ccc2[nH]5)C=C4)C=C3)cc1. The molecular weight excluding hydrogens is 921 g/mol. The summed E-state index contributed by atoms with van der Waals surface area (Å²) in [5.41, 5.74) is 10.9. The Hall–Kier alpha value is -5.76. The molecule has 13 rings (SSSR count). The average Bonchev–Trinajstić information content (AvgIpc) is 4.20. The molecule has 5 aromatic rings. The summed E-state index contributed by atoms with van der Waals surface area (Å²) in [5.74, 6) is -2.26. The van der Waals surface area contributed by atoms with Crippen LogP contribution in [0.1, 0.15) is 102 Å². The lowest BCUT2D eigenvalue weighted by Crippen LogP contribution is -2.51. The van der Waals surface area contributed by atoms with Gasteiger partial charge in [-0.15, -0.1) is 0 Å². The van der Waals surface area contributed by atoms with E-state index in [0.717, 1.165) is 66.9 Å². The number of fused-ring (bicyclic) bond motifs is 14. The fraction of sp³-hybridized carbons (Fsp3) is 0.429. The minimum Gasteiger partial charge on any atom is -0.497 e. The predicted octanol–water partition coefficient (Wildman–Crippen LogP) is 10.1. The van der Waals surface area contributed by atoms with Gasteiger partial charge in [-0.2, -0.15) is 0 Å². The van der Waals surface area contributed by atoms with Crippen molar-refractivity contribution < 1.29 is 56.8 Å². The van der Waals surface area contributed by atoms with Crippen molar-refractivity contribution in [1.29, 1.82) is 0 Å². The van der Waals surface area contributed by atoms with Crippen LogP contribution in [0.25, 0.3) is 68.6 Å². The highest BCUT2D eigenvalue weighted by Gasteiger charge is 2.63. The van der Waals surface area contributed by atoms with Crippen LogP contribution in [0.3, 0.4) is 0 Å². The standard InChI is InChI=1S/C56H58N4O12/c1-53(2)65-45-43(63-51-49(47(45)67-53)69-55(5,6)71-51)41-35-23-19-31(57-35)39(27-11-15-29(61-9)16-12-27)33-21-25-37(59-33)42(44-46-48(68-54(3,4)66-46)50-52(64-44)72-56(7,8)70-50)38-26-22-34(60-38)40(32-20-24-36(41)58-32)28-13-17-30(62-10)18-14-28/h11-26,43-52,57,60H,1-10H3/t43-,44-,45+,46+,47+,48+,49-,50-,51-,52-/m1/s1. The number of hydrogen-bond acceptors (Lipinski definition) is 14. The molecule has 0 aliphatic carbocycles. The number of nitrogens with one attached hydrogen (secondary N) is 2. The summed E-state index contributed by atoms with van der Waals surface area (Å²) in [4.78, 5) is 18.7. The normalized spacial score (nSPS) is 31.0. The van der Waals surface area contributed by atoms with Gasteiger partial charge in [0.1, 0.15) is 60.3 Å². The van der Waals surface area contributed by atoms with E-state index in [0.29, 0.717) is 22.8 Å². The van der Waals surface area contributed by atoms with Crippen LogP contribution in [0.15, 0.2) is 72.8 Å². The largest absolute Gasteiger partial charge is 0.497 e. The molecule has 8 aliphatic heterocycles. The molecule has 0 unspecified atom stereocenters. The van der Waals surface area contributed by atoms with E-state index in [1.807, 2.05) is 128 Å². The number of benzene rings is 2. The van der Waals surface area contributed by atoms with E-state index in [2.05, 4.69) is 34.2 Å². The van der Waals surface area contributed by atoms with Gasteiger partial charge in [0, 0.05) is 44.3 Å². The van der Waals surface area contributed by atoms with Crippen molar-refractivity contribution in [3.8, 4) is 33.8 Å². The Kier molecular flexibility index (Phi) is 10.5. The number of aromatic amines is 2. The highest BCUT2D eigenvalue weighted by molar-refractivity contribution is 5.94. The van der Waals surface area contributed by atoms with Crippen molar-refractivity contribution in [1.82, 2.24) is 19.9 Å². The molecule has 6 fully saturated rings. The third-order valence-corrected chi connectivity index (χ3v) is 14.5. The van der Waals surface area contributed by atoms with Gasteiger partial charge in [0.2, 0.25) is 0 Å². The number of hydrogen-bond donors (Lipinski definition) is 2. The summed E-state index contributed by atoms with van der Waals surface area (Å²) in [7, 11) is 3.32. The van der Waals surface area contributed by atoms with Crippen molar-refractivity contribution in [2.75, 3.05) is 14.2 Å². The quantitative estimate of drug-likeness (QED) is 0.161. The van der Waals surface area contributed by atoms with E-state index >= 15 is 0 Å². The highest BCUT2D eigenvalue weighted by atomic mass is 16.9. The average molecular weight is 979 g/mol. The smallest absolute Gasteiger partial charge is 0.190 e. The van der Waals surface area contributed by atoms with Gasteiger partial charge in [-0.3, -0.25) is 0 Å². The molecular formula is C56H58N4O12. The minimum absolute atomic E-state index is 0.513. The first-order chi connectivity index (χ1) is 34.4. The molecule has 16 nitrogen and oxygen atoms in total. The zero-order valence-electron chi connectivity index (χ0n) is 41.8. The number of methoxy groups -OCH3 is 2. The molecule has 8 aliphatic rings. The van der Waals surface area contributed by atoms with Gasteiger partial charge < -0.3 is 66.8 Å². The second-order valence-electron chi connectivity index (χ2n) is 21.2. The molecule has 2 aromatic carbocycles. The number of H-pyrrole nitrogens is 2. The number of ether oxygens (including phenoxy) is 12. The Morgan fingerprint density at radius 3 is 1.11 bits per heavy atom. The van der Waals surface area contributed by atoms with Crippen LogP contribution in [-0.2, 0) is 47.4 Å². The Labute approximate surface area is 416 Å². The molecule has 6 saturated heterocycles. The molecule has 16 heteroatoms. The van der Waals surface area contributed by atoms with Crippen LogP contribution in [0.5, 0.6) is 11.5 Å². The van der Waals surface area contributed by atoms with E-state index < -0.39 is 84.6 Å². The first-order valence-corrected chi connectivity index (χ1v) is 24.6. The van der Waals surface area contributed by atoms with E-state index in [-0.39, 0.29) is 0 Å². The molecule has 0 amide bonds. The Balaban J connectivity index is 1.11. The Bertz CT molecular complexity index is 3010. The van der Waals surface area contributed by atoms with E-state index in [1.165, 1.54) is 0 Å². The first kappa shape index (κ1) is 46.1. The maximum Gasteiger partial charge on any atom is 0.190 e. The lowest BCUT2D eigenvalue weighted by Gasteiger charge is -2.37. The molecule has 2 N–H and O–H groups in total. The summed E-state index contributed by atoms with van der Waals surface area (Å²) >= 11 is 0. The van der Waals surface area contributed by atoms with Gasteiger partial charge >= 0.3 is 0 Å². The fourth-order valence-electron chi connectivity index (χ4n) is 11.7. The van der Waals surface area contributed by atoms with Crippen molar-refractivity contribution in [3.63, 3.8) is 0 Å². The molecule has 0 spiro atoms. The molecule has 8 bridgehead atoms. The Morgan fingerprint density at radius 1 is 0.389 bits per heavy atom. The summed E-state index contributed by atoms with van der Waals surface area (Å²) in [6, 6.07) is 24.2. The van der Waals surface area contributed by atoms with Crippen molar-refractivity contribution in [2.45, 2.75) is 140 Å². The number of aromatic nitrogens is 4. The van der Waals surface area contributed by atoms with E-state index in [4.69, 9.17) is 66.8 Å². The minimum atomic E-state index is -0.938. The summed E-state index contributed by atoms with van der Waals surface area (Å²) in [6.07, 6.45) is 1.93. The van der Waals surface area contributed by atoms with Crippen molar-refractivity contribution in [2.24, 2.45) is 0 Å². The molecule has 0 saturated carbocycles. The van der Waals surface area contributed by atoms with Gasteiger partial charge in [-0.1, -0.05) is 24.3 Å². The maximum atomic E-state index is 7.04. The van der Waals surface area contributed by atoms with Gasteiger partial charge in [-0.25, -0.2) is 9.97 Å². The second kappa shape index (κ2) is 16.4. The fourth-order valence-corrected chi connectivity index (χ4v) is 11.7. The molecule has 374 valence electrons. The zero-order valence-corrected chi connectivity index (χ0v) is 41.8. The van der Waals surface area contributed by atoms with Crippen LogP contribution in [0.4, 0.5) is 0 Å². The van der Waals surface area contributed by atoms with Crippen molar-refractivity contribution >= 4 is 46.4 Å². The highest BCUT2D eigenvalue weighted by Crippen LogP contribution is 2.52. The molecule has 0 radical (unpaired) electrons. The van der Waals surface area contributed by atoms with Crippen LogP contribution < -0.4 is 9.47 Å². The summed E-state index contributed by atoms with van der Waals surface area (Å²) in [6.45, 7) is 15.2. The summed E-state index contributed by atoms with van der Waals surface area (Å²) in [5, 5.41) is 0. The predicted molar refractivity (Wildman–Crippen MR) is 266 cm³/mol. The van der Waals surface area contributed by atoms with Gasteiger partial charge in [0.15, 0.2) is 35.7 Å². The van der Waals surface area contributed by atoms with Crippen LogP contribution in [-0.4, -0.2) is 107 Å². The maximum absolute atomic E-state index is 7.04. The Morgan fingerprint density at radius 2 is 0.722 bits per heavy atom. The topological polar surface area (TPSA) is 168 Å². The molecule has 72 heavy (non-hydrogen) atoms. The van der Waals surface area contributed by atoms with E-state index in [9.17, 15) is 0 Å². The third-order valence-electron chi connectivity index (χ3n) is 14.5. The zero-order chi connectivity index (χ0) is 49.6. The lowest BCUT2D eigenvalue weighted by atomic mass is 9.93. The third kappa shape index (κ3) is 7.74. The van der Waals surface area contributed by atoms with Crippen molar-refractivity contribution in [3.05, 3.63) is 107 Å².